The van der Waals surface area contributed by atoms with Gasteiger partial charge in [0.2, 0.25) is 5.91 Å². The van der Waals surface area contributed by atoms with Gasteiger partial charge in [-0.1, -0.05) is 17.7 Å². The molecule has 5 rings (SSSR count). The summed E-state index contributed by atoms with van der Waals surface area (Å²) >= 11 is 6.11. The Bertz CT molecular complexity index is 1480. The van der Waals surface area contributed by atoms with Gasteiger partial charge in [-0.25, -0.2) is 9.36 Å². The molecule has 1 N–H and O–H groups in total. The van der Waals surface area contributed by atoms with E-state index in [2.05, 4.69) is 20.3 Å². The molecular weight excluding hydrogens is 487 g/mol. The molecule has 1 aliphatic rings. The third-order valence-electron chi connectivity index (χ3n) is 5.39. The fraction of sp³-hybridized carbons (Fsp3) is 0.217. The molecule has 8 nitrogen and oxygen atoms in total. The van der Waals surface area contributed by atoms with Gasteiger partial charge in [-0.05, 0) is 55.3 Å². The van der Waals surface area contributed by atoms with Gasteiger partial charge in [0.1, 0.15) is 17.8 Å². The van der Waals surface area contributed by atoms with Crippen LogP contribution in [0.5, 0.6) is 5.75 Å². The summed E-state index contributed by atoms with van der Waals surface area (Å²) in [5.74, 6) is -0.813. The number of hydrogen-bond donors (Lipinski definition) is 1. The number of amides is 1. The second-order valence-electron chi connectivity index (χ2n) is 8.04. The number of fused-ring (bicyclic) bond motifs is 1. The van der Waals surface area contributed by atoms with Crippen molar-refractivity contribution in [3.05, 3.63) is 75.8 Å². The van der Waals surface area contributed by atoms with Crippen LogP contribution in [0.2, 0.25) is 5.02 Å². The van der Waals surface area contributed by atoms with E-state index >= 15 is 0 Å². The molecule has 12 heteroatoms. The quantitative estimate of drug-likeness (QED) is 0.413. The predicted molar refractivity (Wildman–Crippen MR) is 122 cm³/mol. The van der Waals surface area contributed by atoms with Crippen LogP contribution in [0.25, 0.3) is 16.6 Å². The van der Waals surface area contributed by atoms with Gasteiger partial charge in [0.15, 0.2) is 0 Å². The summed E-state index contributed by atoms with van der Waals surface area (Å²) in [6.07, 6.45) is -1.39. The summed E-state index contributed by atoms with van der Waals surface area (Å²) in [7, 11) is 0. The van der Waals surface area contributed by atoms with Crippen LogP contribution in [0, 0.1) is 0 Å². The molecule has 0 atom stereocenters. The molecule has 1 amide bonds. The van der Waals surface area contributed by atoms with E-state index in [9.17, 15) is 22.8 Å². The second-order valence-corrected chi connectivity index (χ2v) is 8.48. The average molecular weight is 504 g/mol. The van der Waals surface area contributed by atoms with E-state index < -0.39 is 30.1 Å². The van der Waals surface area contributed by atoms with Crippen LogP contribution in [-0.2, 0) is 11.3 Å². The summed E-state index contributed by atoms with van der Waals surface area (Å²) in [6, 6.07) is 11.6. The number of anilines is 1. The van der Waals surface area contributed by atoms with Gasteiger partial charge >= 0.3 is 6.36 Å². The van der Waals surface area contributed by atoms with Gasteiger partial charge in [-0.2, -0.15) is 10.2 Å². The van der Waals surface area contributed by atoms with Crippen molar-refractivity contribution in [2.75, 3.05) is 5.32 Å². The highest BCUT2D eigenvalue weighted by Gasteiger charge is 2.31. The van der Waals surface area contributed by atoms with Gasteiger partial charge in [0, 0.05) is 22.0 Å². The summed E-state index contributed by atoms with van der Waals surface area (Å²) in [5.41, 5.74) is 1.30. The van der Waals surface area contributed by atoms with Crippen LogP contribution in [0.4, 0.5) is 18.9 Å². The molecule has 0 saturated heterocycles. The number of nitrogens with zero attached hydrogens (tertiary/aromatic N) is 4. The standard InChI is InChI=1S/C23H17ClF3N5O3/c24-14-2-1-3-16(10-14)32-21-18(11-28-32)20(13-4-5-13)30-31(22(21)34)12-19(33)29-15-6-8-17(9-7-15)35-23(25,26)27/h1-3,6-11,13H,4-5,12H2,(H,29,33). The summed E-state index contributed by atoms with van der Waals surface area (Å²) in [4.78, 5) is 26.0. The fourth-order valence-corrected chi connectivity index (χ4v) is 3.92. The zero-order valence-corrected chi connectivity index (χ0v) is 18.7. The summed E-state index contributed by atoms with van der Waals surface area (Å²) in [5, 5.41) is 12.5. The van der Waals surface area contributed by atoms with E-state index in [0.717, 1.165) is 29.7 Å². The van der Waals surface area contributed by atoms with Crippen LogP contribution >= 0.6 is 11.6 Å². The molecule has 0 bridgehead atoms. The number of alkyl halides is 3. The Morgan fingerprint density at radius 3 is 2.57 bits per heavy atom. The maximum Gasteiger partial charge on any atom is 0.573 e. The van der Waals surface area contributed by atoms with Crippen molar-refractivity contribution in [1.29, 1.82) is 0 Å². The number of benzene rings is 2. The number of carbonyl (C=O) groups is 1. The Kier molecular flexibility index (Phi) is 5.72. The van der Waals surface area contributed by atoms with E-state index in [-0.39, 0.29) is 17.1 Å². The van der Waals surface area contributed by atoms with E-state index in [4.69, 9.17) is 11.6 Å². The molecule has 2 aromatic heterocycles. The first kappa shape index (κ1) is 22.9. The lowest BCUT2D eigenvalue weighted by molar-refractivity contribution is -0.274. The number of ether oxygens (including phenoxy) is 1. The number of carbonyl (C=O) groups excluding carboxylic acids is 1. The van der Waals surface area contributed by atoms with Crippen molar-refractivity contribution < 1.29 is 22.7 Å². The van der Waals surface area contributed by atoms with Gasteiger partial charge in [-0.3, -0.25) is 9.59 Å². The first-order chi connectivity index (χ1) is 16.7. The molecule has 0 spiro atoms. The minimum absolute atomic E-state index is 0.172. The predicted octanol–water partition coefficient (Wildman–Crippen LogP) is 4.65. The maximum absolute atomic E-state index is 13.3. The Balaban J connectivity index is 1.44. The lowest BCUT2D eigenvalue weighted by Crippen LogP contribution is -2.31. The maximum atomic E-state index is 13.3. The van der Waals surface area contributed by atoms with Crippen molar-refractivity contribution >= 4 is 34.1 Å². The smallest absolute Gasteiger partial charge is 0.406 e. The van der Waals surface area contributed by atoms with Gasteiger partial charge in [-0.15, -0.1) is 13.2 Å². The number of hydrogen-bond acceptors (Lipinski definition) is 5. The van der Waals surface area contributed by atoms with E-state index in [0.29, 0.717) is 21.8 Å². The zero-order valence-electron chi connectivity index (χ0n) is 17.9. The third kappa shape index (κ3) is 4.99. The Labute approximate surface area is 200 Å². The first-order valence-electron chi connectivity index (χ1n) is 10.6. The first-order valence-corrected chi connectivity index (χ1v) is 11.0. The normalized spacial score (nSPS) is 13.7. The monoisotopic (exact) mass is 503 g/mol. The largest absolute Gasteiger partial charge is 0.573 e. The van der Waals surface area contributed by atoms with E-state index in [1.807, 2.05) is 0 Å². The van der Waals surface area contributed by atoms with Crippen LogP contribution in [0.1, 0.15) is 24.5 Å². The minimum atomic E-state index is -4.81. The molecule has 1 saturated carbocycles. The molecule has 180 valence electrons. The molecule has 0 unspecified atom stereocenters. The molecule has 2 aromatic carbocycles. The Hall–Kier alpha value is -3.86. The van der Waals surface area contributed by atoms with Crippen molar-refractivity contribution in [3.63, 3.8) is 0 Å². The van der Waals surface area contributed by atoms with Crippen LogP contribution in [0.15, 0.2) is 59.5 Å². The van der Waals surface area contributed by atoms with Crippen molar-refractivity contribution in [2.45, 2.75) is 31.7 Å². The highest BCUT2D eigenvalue weighted by molar-refractivity contribution is 6.30. The van der Waals surface area contributed by atoms with Crippen molar-refractivity contribution in [3.8, 4) is 11.4 Å². The number of nitrogens with one attached hydrogen (secondary N) is 1. The zero-order chi connectivity index (χ0) is 24.7. The molecule has 0 aliphatic heterocycles. The number of halogens is 4. The highest BCUT2D eigenvalue weighted by atomic mass is 35.5. The van der Waals surface area contributed by atoms with Gasteiger partial charge in [0.25, 0.3) is 5.56 Å². The lowest BCUT2D eigenvalue weighted by atomic mass is 10.2. The van der Waals surface area contributed by atoms with Gasteiger partial charge < -0.3 is 10.1 Å². The molecular formula is C23H17ClF3N5O3. The molecule has 1 fully saturated rings. The van der Waals surface area contributed by atoms with Crippen LogP contribution in [-0.4, -0.2) is 31.8 Å². The van der Waals surface area contributed by atoms with Crippen LogP contribution < -0.4 is 15.6 Å². The number of rotatable bonds is 6. The van der Waals surface area contributed by atoms with Crippen LogP contribution in [0.3, 0.4) is 0 Å². The molecule has 4 aromatic rings. The lowest BCUT2D eigenvalue weighted by Gasteiger charge is -2.11. The third-order valence-corrected chi connectivity index (χ3v) is 5.63. The Morgan fingerprint density at radius 1 is 1.17 bits per heavy atom. The Morgan fingerprint density at radius 2 is 1.91 bits per heavy atom. The average Bonchev–Trinajstić information content (AvgIpc) is 3.53. The second kappa shape index (κ2) is 8.73. The molecule has 2 heterocycles. The summed E-state index contributed by atoms with van der Waals surface area (Å²) in [6.45, 7) is -0.393. The highest BCUT2D eigenvalue weighted by Crippen LogP contribution is 2.41. The topological polar surface area (TPSA) is 91.0 Å². The van der Waals surface area contributed by atoms with Gasteiger partial charge in [0.05, 0.1) is 17.6 Å². The van der Waals surface area contributed by atoms with Crippen molar-refractivity contribution in [2.24, 2.45) is 0 Å². The molecule has 1 aliphatic carbocycles. The molecule has 0 radical (unpaired) electrons. The summed E-state index contributed by atoms with van der Waals surface area (Å²) < 4.78 is 43.4. The minimum Gasteiger partial charge on any atom is -0.406 e. The SMILES string of the molecule is O=C(Cn1nc(C2CC2)c2cnn(-c3cccc(Cl)c3)c2c1=O)Nc1ccc(OC(F)(F)F)cc1. The number of aromatic nitrogens is 4. The fourth-order valence-electron chi connectivity index (χ4n) is 3.74. The van der Waals surface area contributed by atoms with E-state index in [1.165, 1.54) is 16.8 Å². The van der Waals surface area contributed by atoms with Crippen molar-refractivity contribution in [1.82, 2.24) is 19.6 Å². The van der Waals surface area contributed by atoms with E-state index in [1.54, 1.807) is 30.5 Å². The molecule has 35 heavy (non-hydrogen) atoms.